The summed E-state index contributed by atoms with van der Waals surface area (Å²) in [7, 11) is 0. The Morgan fingerprint density at radius 1 is 1.35 bits per heavy atom. The van der Waals surface area contributed by atoms with Crippen LogP contribution in [0.4, 0.5) is 0 Å². The monoisotopic (exact) mass is 312 g/mol. The van der Waals surface area contributed by atoms with Crippen LogP contribution < -0.4 is 0 Å². The molecular weight excluding hydrogens is 284 g/mol. The molecule has 0 bridgehead atoms. The minimum atomic E-state index is 0.0555. The highest BCUT2D eigenvalue weighted by Crippen LogP contribution is 2.61. The first-order valence-electron chi connectivity index (χ1n) is 8.72. The predicted molar refractivity (Wildman–Crippen MR) is 92.7 cm³/mol. The van der Waals surface area contributed by atoms with E-state index in [4.69, 9.17) is 0 Å². The van der Waals surface area contributed by atoms with E-state index in [0.717, 1.165) is 18.5 Å². The fourth-order valence-corrected chi connectivity index (χ4v) is 3.79. The zero-order valence-corrected chi connectivity index (χ0v) is 14.9. The molecular formula is C20H28N2O. The number of rotatable bonds is 5. The molecule has 1 heterocycles. The summed E-state index contributed by atoms with van der Waals surface area (Å²) >= 11 is 0. The van der Waals surface area contributed by atoms with E-state index in [0.29, 0.717) is 17.9 Å². The molecule has 3 heteroatoms. The molecule has 0 spiro atoms. The molecule has 3 atom stereocenters. The number of carbonyl (C=O) groups is 1. The highest BCUT2D eigenvalue weighted by atomic mass is 16.2. The standard InChI is InChI=1S/C20H28N2O/c1-13(2)12-16-18(20(16,4)5)19(23)22(15-9-10-15)14(3)17-8-6-7-11-21-17/h6-8,11-12,14-16,18H,9-10H2,1-5H3/t14-,16+,18-/m0/s1. The van der Waals surface area contributed by atoms with Crippen molar-refractivity contribution < 1.29 is 4.79 Å². The van der Waals surface area contributed by atoms with Crippen molar-refractivity contribution in [2.24, 2.45) is 17.3 Å². The first-order chi connectivity index (χ1) is 10.8. The van der Waals surface area contributed by atoms with Gasteiger partial charge in [-0.1, -0.05) is 31.6 Å². The molecule has 1 aromatic heterocycles. The predicted octanol–water partition coefficient (Wildman–Crippen LogP) is 4.37. The molecule has 0 N–H and O–H groups in total. The van der Waals surface area contributed by atoms with Crippen molar-refractivity contribution in [2.45, 2.75) is 59.5 Å². The molecule has 124 valence electrons. The van der Waals surface area contributed by atoms with Gasteiger partial charge in [0.2, 0.25) is 5.91 Å². The van der Waals surface area contributed by atoms with Crippen LogP contribution in [0.15, 0.2) is 36.0 Å². The largest absolute Gasteiger partial charge is 0.331 e. The summed E-state index contributed by atoms with van der Waals surface area (Å²) in [5.74, 6) is 0.805. The second-order valence-electron chi connectivity index (χ2n) is 7.98. The summed E-state index contributed by atoms with van der Waals surface area (Å²) in [5, 5.41) is 0. The lowest BCUT2D eigenvalue weighted by Crippen LogP contribution is -2.38. The molecule has 0 radical (unpaired) electrons. The fourth-order valence-electron chi connectivity index (χ4n) is 3.79. The van der Waals surface area contributed by atoms with Crippen LogP contribution >= 0.6 is 0 Å². The summed E-state index contributed by atoms with van der Waals surface area (Å²) in [5.41, 5.74) is 2.37. The Balaban J connectivity index is 1.82. The van der Waals surface area contributed by atoms with Crippen LogP contribution in [0.1, 0.15) is 59.2 Å². The Bertz CT molecular complexity index is 612. The number of nitrogens with zero attached hydrogens (tertiary/aromatic N) is 2. The molecule has 2 aliphatic rings. The van der Waals surface area contributed by atoms with Gasteiger partial charge in [0.05, 0.1) is 17.7 Å². The molecule has 2 aliphatic carbocycles. The Morgan fingerprint density at radius 2 is 2.04 bits per heavy atom. The van der Waals surface area contributed by atoms with E-state index in [1.54, 1.807) is 0 Å². The van der Waals surface area contributed by atoms with Crippen molar-refractivity contribution in [3.8, 4) is 0 Å². The van der Waals surface area contributed by atoms with E-state index in [1.165, 1.54) is 5.57 Å². The number of allylic oxidation sites excluding steroid dienone is 2. The van der Waals surface area contributed by atoms with Crippen molar-refractivity contribution in [1.29, 1.82) is 0 Å². The van der Waals surface area contributed by atoms with Crippen molar-refractivity contribution in [1.82, 2.24) is 9.88 Å². The first kappa shape index (κ1) is 16.2. The molecule has 2 fully saturated rings. The number of amides is 1. The zero-order valence-electron chi connectivity index (χ0n) is 14.9. The topological polar surface area (TPSA) is 33.2 Å². The minimum absolute atomic E-state index is 0.0555. The maximum atomic E-state index is 13.3. The van der Waals surface area contributed by atoms with Gasteiger partial charge in [-0.25, -0.2) is 0 Å². The molecule has 1 aromatic rings. The number of carbonyl (C=O) groups excluding carboxylic acids is 1. The number of aromatic nitrogens is 1. The lowest BCUT2D eigenvalue weighted by Gasteiger charge is -2.30. The van der Waals surface area contributed by atoms with Gasteiger partial charge in [0.15, 0.2) is 0 Å². The smallest absolute Gasteiger partial charge is 0.227 e. The van der Waals surface area contributed by atoms with Crippen LogP contribution in [0, 0.1) is 17.3 Å². The van der Waals surface area contributed by atoms with E-state index < -0.39 is 0 Å². The number of hydrogen-bond donors (Lipinski definition) is 0. The normalized spacial score (nSPS) is 26.3. The van der Waals surface area contributed by atoms with Crippen molar-refractivity contribution in [3.63, 3.8) is 0 Å². The van der Waals surface area contributed by atoms with Gasteiger partial charge in [0, 0.05) is 12.2 Å². The molecule has 1 amide bonds. The molecule has 0 aliphatic heterocycles. The molecule has 0 aromatic carbocycles. The maximum absolute atomic E-state index is 13.3. The minimum Gasteiger partial charge on any atom is -0.331 e. The average molecular weight is 312 g/mol. The number of pyridine rings is 1. The summed E-state index contributed by atoms with van der Waals surface area (Å²) in [6.07, 6.45) is 6.35. The van der Waals surface area contributed by atoms with Gasteiger partial charge in [-0.2, -0.15) is 0 Å². The summed E-state index contributed by atoms with van der Waals surface area (Å²) in [4.78, 5) is 19.9. The van der Waals surface area contributed by atoms with Crippen LogP contribution in [0.2, 0.25) is 0 Å². The van der Waals surface area contributed by atoms with Crippen LogP contribution in [-0.2, 0) is 4.79 Å². The Kier molecular flexibility index (Phi) is 4.07. The van der Waals surface area contributed by atoms with Crippen molar-refractivity contribution in [3.05, 3.63) is 41.7 Å². The second kappa shape index (κ2) is 5.77. The second-order valence-corrected chi connectivity index (χ2v) is 7.98. The van der Waals surface area contributed by atoms with E-state index in [2.05, 4.69) is 50.6 Å². The fraction of sp³-hybridized carbons (Fsp3) is 0.600. The van der Waals surface area contributed by atoms with Crippen LogP contribution in [0.3, 0.4) is 0 Å². The third-order valence-electron chi connectivity index (χ3n) is 5.42. The molecule has 3 nitrogen and oxygen atoms in total. The lowest BCUT2D eigenvalue weighted by molar-refractivity contribution is -0.136. The van der Waals surface area contributed by atoms with Gasteiger partial charge in [-0.05, 0) is 57.1 Å². The average Bonchev–Trinajstić information content (AvgIpc) is 3.39. The molecule has 2 saturated carbocycles. The van der Waals surface area contributed by atoms with E-state index >= 15 is 0 Å². The summed E-state index contributed by atoms with van der Waals surface area (Å²) in [6.45, 7) is 10.8. The Labute approximate surface area is 139 Å². The maximum Gasteiger partial charge on any atom is 0.227 e. The van der Waals surface area contributed by atoms with Gasteiger partial charge in [0.1, 0.15) is 0 Å². The van der Waals surface area contributed by atoms with E-state index in [9.17, 15) is 4.79 Å². The third-order valence-corrected chi connectivity index (χ3v) is 5.42. The van der Waals surface area contributed by atoms with Gasteiger partial charge in [-0.3, -0.25) is 9.78 Å². The van der Waals surface area contributed by atoms with Crippen molar-refractivity contribution in [2.75, 3.05) is 0 Å². The van der Waals surface area contributed by atoms with E-state index in [1.807, 2.05) is 24.4 Å². The highest BCUT2D eigenvalue weighted by Gasteiger charge is 2.62. The SMILES string of the molecule is CC(C)=C[C@@H]1[C@@H](C(=O)N(C2CC2)[C@@H](C)c2ccccn2)C1(C)C. The summed E-state index contributed by atoms with van der Waals surface area (Å²) in [6, 6.07) is 6.41. The third kappa shape index (κ3) is 3.06. The van der Waals surface area contributed by atoms with Crippen molar-refractivity contribution >= 4 is 5.91 Å². The lowest BCUT2D eigenvalue weighted by atomic mass is 10.1. The van der Waals surface area contributed by atoms with Crippen LogP contribution in [0.25, 0.3) is 0 Å². The quantitative estimate of drug-likeness (QED) is 0.756. The Morgan fingerprint density at radius 3 is 2.57 bits per heavy atom. The molecule has 0 unspecified atom stereocenters. The first-order valence-corrected chi connectivity index (χ1v) is 8.72. The molecule has 3 rings (SSSR count). The van der Waals surface area contributed by atoms with Gasteiger partial charge >= 0.3 is 0 Å². The number of hydrogen-bond acceptors (Lipinski definition) is 2. The Hall–Kier alpha value is -1.64. The molecule has 23 heavy (non-hydrogen) atoms. The van der Waals surface area contributed by atoms with Crippen LogP contribution in [-0.4, -0.2) is 21.8 Å². The highest BCUT2D eigenvalue weighted by molar-refractivity contribution is 5.84. The van der Waals surface area contributed by atoms with Crippen LogP contribution in [0.5, 0.6) is 0 Å². The van der Waals surface area contributed by atoms with Gasteiger partial charge < -0.3 is 4.90 Å². The van der Waals surface area contributed by atoms with Gasteiger partial charge in [0.25, 0.3) is 0 Å². The van der Waals surface area contributed by atoms with Gasteiger partial charge in [-0.15, -0.1) is 0 Å². The summed E-state index contributed by atoms with van der Waals surface area (Å²) < 4.78 is 0. The molecule has 0 saturated heterocycles. The zero-order chi connectivity index (χ0) is 16.8. The van der Waals surface area contributed by atoms with E-state index in [-0.39, 0.29) is 17.4 Å².